The van der Waals surface area contributed by atoms with Crippen molar-refractivity contribution in [2.45, 2.75) is 51.3 Å². The molecule has 5 heteroatoms. The minimum atomic E-state index is -0.546. The number of hydrogen-bond donors (Lipinski definition) is 2. The lowest BCUT2D eigenvalue weighted by Crippen LogP contribution is -2.56. The number of benzene rings is 1. The minimum absolute atomic E-state index is 0.0441. The molecule has 2 atom stereocenters. The van der Waals surface area contributed by atoms with Crippen LogP contribution in [0.2, 0.25) is 0 Å². The number of rotatable bonds is 6. The second-order valence-electron chi connectivity index (χ2n) is 6.43. The summed E-state index contributed by atoms with van der Waals surface area (Å²) in [6, 6.07) is 8.45. The quantitative estimate of drug-likeness (QED) is 0.840. The van der Waals surface area contributed by atoms with Crippen molar-refractivity contribution >= 4 is 11.8 Å². The summed E-state index contributed by atoms with van der Waals surface area (Å²) in [5.41, 5.74) is 0.551. The molecule has 5 nitrogen and oxygen atoms in total. The van der Waals surface area contributed by atoms with Crippen molar-refractivity contribution in [1.29, 1.82) is 0 Å². The Balaban J connectivity index is 2.07. The molecule has 2 N–H and O–H groups in total. The van der Waals surface area contributed by atoms with Crippen molar-refractivity contribution in [3.05, 3.63) is 35.9 Å². The van der Waals surface area contributed by atoms with Gasteiger partial charge < -0.3 is 15.3 Å². The maximum atomic E-state index is 12.8. The van der Waals surface area contributed by atoms with Crippen LogP contribution in [0.5, 0.6) is 0 Å². The topological polar surface area (TPSA) is 69.6 Å². The fourth-order valence-corrected chi connectivity index (χ4v) is 2.77. The summed E-state index contributed by atoms with van der Waals surface area (Å²) in [7, 11) is 1.75. The highest BCUT2D eigenvalue weighted by Gasteiger charge is 2.37. The Labute approximate surface area is 137 Å². The first-order chi connectivity index (χ1) is 10.9. The smallest absolute Gasteiger partial charge is 0.251 e. The molecule has 1 aromatic rings. The van der Waals surface area contributed by atoms with E-state index in [4.69, 9.17) is 0 Å². The average molecular weight is 318 g/mol. The van der Waals surface area contributed by atoms with Crippen LogP contribution in [0.4, 0.5) is 0 Å². The molecule has 0 aromatic heterocycles. The Morgan fingerprint density at radius 3 is 2.43 bits per heavy atom. The van der Waals surface area contributed by atoms with Crippen molar-refractivity contribution in [1.82, 2.24) is 10.2 Å². The fourth-order valence-electron chi connectivity index (χ4n) is 2.77. The van der Waals surface area contributed by atoms with Crippen LogP contribution >= 0.6 is 0 Å². The first kappa shape index (κ1) is 17.5. The number of aliphatic hydroxyl groups excluding tert-OH is 1. The van der Waals surface area contributed by atoms with Crippen LogP contribution in [-0.4, -0.2) is 47.1 Å². The van der Waals surface area contributed by atoms with E-state index in [1.54, 1.807) is 36.2 Å². The predicted molar refractivity (Wildman–Crippen MR) is 89.0 cm³/mol. The van der Waals surface area contributed by atoms with Crippen LogP contribution in [0.25, 0.3) is 0 Å². The molecule has 1 aromatic carbocycles. The largest absolute Gasteiger partial charge is 0.393 e. The summed E-state index contributed by atoms with van der Waals surface area (Å²) in [5, 5.41) is 12.3. The lowest BCUT2D eigenvalue weighted by atomic mass is 9.87. The Morgan fingerprint density at radius 1 is 1.30 bits per heavy atom. The van der Waals surface area contributed by atoms with E-state index in [9.17, 15) is 14.7 Å². The van der Waals surface area contributed by atoms with Gasteiger partial charge in [-0.2, -0.15) is 0 Å². The first-order valence-corrected chi connectivity index (χ1v) is 8.24. The summed E-state index contributed by atoms with van der Waals surface area (Å²) in [5.74, 6) is -0.269. The molecule has 23 heavy (non-hydrogen) atoms. The third kappa shape index (κ3) is 4.10. The second-order valence-corrected chi connectivity index (χ2v) is 6.43. The SMILES string of the molecule is CCC(C)C(NC(=O)c1ccccc1)C(=O)N(C)C1CC(O)C1. The maximum absolute atomic E-state index is 12.8. The summed E-state index contributed by atoms with van der Waals surface area (Å²) in [4.78, 5) is 26.8. The molecule has 1 fully saturated rings. The van der Waals surface area contributed by atoms with Gasteiger partial charge in [-0.05, 0) is 30.9 Å². The number of nitrogens with zero attached hydrogens (tertiary/aromatic N) is 1. The fraction of sp³-hybridized carbons (Fsp3) is 0.556. The molecule has 0 saturated heterocycles. The number of amides is 2. The summed E-state index contributed by atoms with van der Waals surface area (Å²) in [6.07, 6.45) is 1.72. The van der Waals surface area contributed by atoms with Crippen molar-refractivity contribution in [3.63, 3.8) is 0 Å². The van der Waals surface area contributed by atoms with E-state index in [0.717, 1.165) is 6.42 Å². The molecular formula is C18H26N2O3. The number of carbonyl (C=O) groups excluding carboxylic acids is 2. The normalized spacial score (nSPS) is 22.6. The number of aliphatic hydroxyl groups is 1. The van der Waals surface area contributed by atoms with Gasteiger partial charge in [0, 0.05) is 18.7 Å². The highest BCUT2D eigenvalue weighted by atomic mass is 16.3. The van der Waals surface area contributed by atoms with Gasteiger partial charge in [0.2, 0.25) is 5.91 Å². The predicted octanol–water partition coefficient (Wildman–Crippen LogP) is 1.81. The highest BCUT2D eigenvalue weighted by molar-refractivity contribution is 5.97. The monoisotopic (exact) mass is 318 g/mol. The average Bonchev–Trinajstić information content (AvgIpc) is 2.55. The van der Waals surface area contributed by atoms with Crippen molar-refractivity contribution in [2.75, 3.05) is 7.05 Å². The molecule has 0 heterocycles. The van der Waals surface area contributed by atoms with Gasteiger partial charge in [-0.15, -0.1) is 0 Å². The zero-order valence-corrected chi connectivity index (χ0v) is 14.0. The molecule has 1 aliphatic carbocycles. The van der Waals surface area contributed by atoms with Crippen molar-refractivity contribution in [2.24, 2.45) is 5.92 Å². The summed E-state index contributed by atoms with van der Waals surface area (Å²) < 4.78 is 0. The van der Waals surface area contributed by atoms with Gasteiger partial charge in [0.25, 0.3) is 5.91 Å². The van der Waals surface area contributed by atoms with E-state index in [1.165, 1.54) is 0 Å². The van der Waals surface area contributed by atoms with E-state index in [-0.39, 0.29) is 29.9 Å². The first-order valence-electron chi connectivity index (χ1n) is 8.24. The van der Waals surface area contributed by atoms with Gasteiger partial charge in [0.15, 0.2) is 0 Å². The zero-order valence-electron chi connectivity index (χ0n) is 14.0. The maximum Gasteiger partial charge on any atom is 0.251 e. The van der Waals surface area contributed by atoms with Crippen LogP contribution in [0.3, 0.4) is 0 Å². The Kier molecular flexibility index (Phi) is 5.77. The van der Waals surface area contributed by atoms with Gasteiger partial charge in [-0.1, -0.05) is 38.5 Å². The Hall–Kier alpha value is -1.88. The van der Waals surface area contributed by atoms with E-state index >= 15 is 0 Å². The van der Waals surface area contributed by atoms with E-state index < -0.39 is 6.04 Å². The number of nitrogens with one attached hydrogen (secondary N) is 1. The molecule has 0 radical (unpaired) electrons. The summed E-state index contributed by atoms with van der Waals surface area (Å²) in [6.45, 7) is 3.98. The lowest BCUT2D eigenvalue weighted by Gasteiger charge is -2.40. The van der Waals surface area contributed by atoms with E-state index in [2.05, 4.69) is 5.32 Å². The zero-order chi connectivity index (χ0) is 17.0. The molecule has 2 unspecified atom stereocenters. The third-order valence-electron chi connectivity index (χ3n) is 4.79. The van der Waals surface area contributed by atoms with Gasteiger partial charge in [-0.3, -0.25) is 9.59 Å². The Morgan fingerprint density at radius 2 is 1.91 bits per heavy atom. The third-order valence-corrected chi connectivity index (χ3v) is 4.79. The van der Waals surface area contributed by atoms with E-state index in [1.807, 2.05) is 19.9 Å². The number of hydrogen-bond acceptors (Lipinski definition) is 3. The van der Waals surface area contributed by atoms with Crippen LogP contribution in [0.15, 0.2) is 30.3 Å². The van der Waals surface area contributed by atoms with Crippen LogP contribution in [0.1, 0.15) is 43.5 Å². The minimum Gasteiger partial charge on any atom is -0.393 e. The standard InChI is InChI=1S/C18H26N2O3/c1-4-12(2)16(18(23)20(3)14-10-15(21)11-14)19-17(22)13-8-6-5-7-9-13/h5-9,12,14-16,21H,4,10-11H2,1-3H3,(H,19,22). The summed E-state index contributed by atoms with van der Waals surface area (Å²) >= 11 is 0. The molecule has 0 bridgehead atoms. The molecule has 2 amide bonds. The van der Waals surface area contributed by atoms with Gasteiger partial charge in [0.1, 0.15) is 6.04 Å². The molecule has 0 aliphatic heterocycles. The molecule has 0 spiro atoms. The van der Waals surface area contributed by atoms with Gasteiger partial charge in [-0.25, -0.2) is 0 Å². The van der Waals surface area contributed by atoms with Crippen LogP contribution in [0, 0.1) is 5.92 Å². The molecule has 1 aliphatic rings. The molecule has 126 valence electrons. The molecule has 1 saturated carbocycles. The van der Waals surface area contributed by atoms with E-state index in [0.29, 0.717) is 18.4 Å². The van der Waals surface area contributed by atoms with Crippen LogP contribution in [-0.2, 0) is 4.79 Å². The number of likely N-dealkylation sites (N-methyl/N-ethyl adjacent to an activating group) is 1. The number of carbonyl (C=O) groups is 2. The second kappa shape index (κ2) is 7.59. The molecular weight excluding hydrogens is 292 g/mol. The van der Waals surface area contributed by atoms with Crippen molar-refractivity contribution < 1.29 is 14.7 Å². The van der Waals surface area contributed by atoms with Crippen LogP contribution < -0.4 is 5.32 Å². The lowest BCUT2D eigenvalue weighted by molar-refractivity contribution is -0.139. The van der Waals surface area contributed by atoms with Gasteiger partial charge >= 0.3 is 0 Å². The Bertz CT molecular complexity index is 540. The van der Waals surface area contributed by atoms with Gasteiger partial charge in [0.05, 0.1) is 6.10 Å². The van der Waals surface area contributed by atoms with Crippen molar-refractivity contribution in [3.8, 4) is 0 Å². The highest BCUT2D eigenvalue weighted by Crippen LogP contribution is 2.26. The molecule has 2 rings (SSSR count).